The number of H-pyrrole nitrogens is 1. The lowest BCUT2D eigenvalue weighted by atomic mass is 9.88. The van der Waals surface area contributed by atoms with Crippen LogP contribution in [0.5, 0.6) is 0 Å². The number of aromatic nitrogens is 4. The summed E-state index contributed by atoms with van der Waals surface area (Å²) in [6.45, 7) is 2.93. The van der Waals surface area contributed by atoms with Gasteiger partial charge in [0.05, 0.1) is 0 Å². The predicted octanol–water partition coefficient (Wildman–Crippen LogP) is 3.09. The highest BCUT2D eigenvalue weighted by atomic mass is 35.5. The molecule has 0 spiro atoms. The molecule has 0 amide bonds. The minimum atomic E-state index is -0.180. The highest BCUT2D eigenvalue weighted by molar-refractivity contribution is 6.28. The molecule has 6 heteroatoms. The zero-order valence-electron chi connectivity index (χ0n) is 12.1. The van der Waals surface area contributed by atoms with E-state index in [0.717, 1.165) is 30.6 Å². The summed E-state index contributed by atoms with van der Waals surface area (Å²) in [4.78, 5) is 23.7. The highest BCUT2D eigenvalue weighted by Crippen LogP contribution is 2.52. The largest absolute Gasteiger partial charge is 0.322 e. The summed E-state index contributed by atoms with van der Waals surface area (Å²) in [6, 6.07) is 0. The van der Waals surface area contributed by atoms with Crippen LogP contribution in [-0.2, 0) is 6.54 Å². The van der Waals surface area contributed by atoms with E-state index in [0.29, 0.717) is 17.1 Å². The minimum Gasteiger partial charge on any atom is -0.322 e. The lowest BCUT2D eigenvalue weighted by Crippen LogP contribution is -2.17. The molecule has 3 atom stereocenters. The molecule has 0 radical (unpaired) electrons. The molecule has 2 aliphatic rings. The number of aromatic amines is 1. The van der Waals surface area contributed by atoms with Crippen molar-refractivity contribution in [3.05, 3.63) is 21.5 Å². The summed E-state index contributed by atoms with van der Waals surface area (Å²) < 4.78 is 2.09. The standard InChI is InChI=1S/C15H19ClN4O/c1-2-5-20-11-12(18-15(16)19-14(11)21)17-13(20)10-7-8-3-4-9(10)6-8/h8-10H,2-7H2,1H3,(H,18,19,21). The van der Waals surface area contributed by atoms with Crippen molar-refractivity contribution in [2.24, 2.45) is 11.8 Å². The molecular formula is C15H19ClN4O. The van der Waals surface area contributed by atoms with Crippen molar-refractivity contribution in [3.8, 4) is 0 Å². The van der Waals surface area contributed by atoms with Crippen LogP contribution in [0, 0.1) is 11.8 Å². The van der Waals surface area contributed by atoms with Crippen molar-refractivity contribution >= 4 is 22.8 Å². The van der Waals surface area contributed by atoms with Gasteiger partial charge in [0.2, 0.25) is 5.28 Å². The van der Waals surface area contributed by atoms with E-state index in [2.05, 4.69) is 21.5 Å². The van der Waals surface area contributed by atoms with E-state index in [1.165, 1.54) is 25.7 Å². The minimum absolute atomic E-state index is 0.119. The quantitative estimate of drug-likeness (QED) is 0.886. The number of aryl methyl sites for hydroxylation is 1. The molecule has 0 aromatic carbocycles. The number of rotatable bonds is 3. The average Bonchev–Trinajstić information content (AvgIpc) is 3.12. The first kappa shape index (κ1) is 13.3. The SMILES string of the molecule is CCCn1c(C2CC3CCC2C3)nc2nc(Cl)[nH]c(=O)c21. The Morgan fingerprint density at radius 2 is 2.19 bits per heavy atom. The molecule has 2 saturated carbocycles. The summed E-state index contributed by atoms with van der Waals surface area (Å²) in [7, 11) is 0. The maximum absolute atomic E-state index is 12.2. The number of fused-ring (bicyclic) bond motifs is 3. The molecule has 4 rings (SSSR count). The van der Waals surface area contributed by atoms with Gasteiger partial charge >= 0.3 is 0 Å². The van der Waals surface area contributed by atoms with E-state index in [-0.39, 0.29) is 10.8 Å². The van der Waals surface area contributed by atoms with E-state index < -0.39 is 0 Å². The summed E-state index contributed by atoms with van der Waals surface area (Å²) in [5, 5.41) is 0.119. The van der Waals surface area contributed by atoms with Crippen LogP contribution in [0.1, 0.15) is 50.8 Å². The molecular weight excluding hydrogens is 288 g/mol. The zero-order valence-corrected chi connectivity index (χ0v) is 12.9. The Kier molecular flexibility index (Phi) is 3.06. The molecule has 2 fully saturated rings. The van der Waals surface area contributed by atoms with Gasteiger partial charge in [-0.25, -0.2) is 4.98 Å². The Balaban J connectivity index is 1.90. The van der Waals surface area contributed by atoms with Gasteiger partial charge in [0, 0.05) is 12.5 Å². The second-order valence-corrected chi connectivity index (χ2v) is 6.79. The van der Waals surface area contributed by atoms with Crippen LogP contribution in [0.3, 0.4) is 0 Å². The zero-order chi connectivity index (χ0) is 14.6. The number of nitrogens with zero attached hydrogens (tertiary/aromatic N) is 3. The third-order valence-corrected chi connectivity index (χ3v) is 5.31. The summed E-state index contributed by atoms with van der Waals surface area (Å²) in [5.41, 5.74) is 0.898. The molecule has 2 aliphatic carbocycles. The Labute approximate surface area is 127 Å². The van der Waals surface area contributed by atoms with Gasteiger partial charge < -0.3 is 4.57 Å². The van der Waals surface area contributed by atoms with Crippen molar-refractivity contribution in [3.63, 3.8) is 0 Å². The van der Waals surface area contributed by atoms with Crippen molar-refractivity contribution in [2.45, 2.75) is 51.5 Å². The topological polar surface area (TPSA) is 63.6 Å². The fourth-order valence-corrected chi connectivity index (χ4v) is 4.49. The molecule has 2 heterocycles. The van der Waals surface area contributed by atoms with Crippen molar-refractivity contribution in [1.82, 2.24) is 19.5 Å². The van der Waals surface area contributed by atoms with E-state index in [1.54, 1.807) is 0 Å². The van der Waals surface area contributed by atoms with E-state index in [4.69, 9.17) is 16.6 Å². The van der Waals surface area contributed by atoms with Gasteiger partial charge in [0.15, 0.2) is 11.2 Å². The molecule has 112 valence electrons. The number of nitrogens with one attached hydrogen (secondary N) is 1. The van der Waals surface area contributed by atoms with Gasteiger partial charge in [0.25, 0.3) is 5.56 Å². The first-order chi connectivity index (χ1) is 10.2. The number of hydrogen-bond acceptors (Lipinski definition) is 3. The maximum Gasteiger partial charge on any atom is 0.278 e. The first-order valence-corrected chi connectivity index (χ1v) is 8.21. The van der Waals surface area contributed by atoms with Crippen LogP contribution in [0.2, 0.25) is 5.28 Å². The summed E-state index contributed by atoms with van der Waals surface area (Å²) >= 11 is 5.87. The maximum atomic E-state index is 12.2. The van der Waals surface area contributed by atoms with Gasteiger partial charge in [-0.05, 0) is 49.1 Å². The van der Waals surface area contributed by atoms with E-state index in [1.807, 2.05) is 0 Å². The molecule has 2 bridgehead atoms. The lowest BCUT2D eigenvalue weighted by Gasteiger charge is -2.22. The van der Waals surface area contributed by atoms with Crippen molar-refractivity contribution in [1.29, 1.82) is 0 Å². The number of hydrogen-bond donors (Lipinski definition) is 1. The summed E-state index contributed by atoms with van der Waals surface area (Å²) in [6.07, 6.45) is 6.17. The van der Waals surface area contributed by atoms with Crippen LogP contribution in [0.15, 0.2) is 4.79 Å². The molecule has 5 nitrogen and oxygen atoms in total. The average molecular weight is 307 g/mol. The molecule has 21 heavy (non-hydrogen) atoms. The van der Waals surface area contributed by atoms with Gasteiger partial charge in [-0.1, -0.05) is 13.3 Å². The monoisotopic (exact) mass is 306 g/mol. The number of halogens is 1. The van der Waals surface area contributed by atoms with Gasteiger partial charge in [-0.15, -0.1) is 0 Å². The predicted molar refractivity (Wildman–Crippen MR) is 81.6 cm³/mol. The Hall–Kier alpha value is -1.36. The molecule has 2 aromatic rings. The first-order valence-electron chi connectivity index (χ1n) is 7.83. The van der Waals surface area contributed by atoms with Gasteiger partial charge in [0.1, 0.15) is 5.82 Å². The molecule has 0 saturated heterocycles. The Morgan fingerprint density at radius 3 is 2.86 bits per heavy atom. The molecule has 2 aromatic heterocycles. The second kappa shape index (κ2) is 4.83. The number of imidazole rings is 1. The van der Waals surface area contributed by atoms with Crippen LogP contribution in [0.25, 0.3) is 11.2 Å². The van der Waals surface area contributed by atoms with Crippen LogP contribution < -0.4 is 5.56 Å². The smallest absolute Gasteiger partial charge is 0.278 e. The third-order valence-electron chi connectivity index (χ3n) is 5.13. The fraction of sp³-hybridized carbons (Fsp3) is 0.667. The third kappa shape index (κ3) is 2.01. The summed E-state index contributed by atoms with van der Waals surface area (Å²) in [5.74, 6) is 3.13. The van der Waals surface area contributed by atoms with Crippen LogP contribution in [0.4, 0.5) is 0 Å². The normalized spacial score (nSPS) is 27.8. The highest BCUT2D eigenvalue weighted by Gasteiger charge is 2.42. The van der Waals surface area contributed by atoms with Crippen LogP contribution >= 0.6 is 11.6 Å². The molecule has 1 N–H and O–H groups in total. The van der Waals surface area contributed by atoms with Crippen LogP contribution in [-0.4, -0.2) is 19.5 Å². The Morgan fingerprint density at radius 1 is 1.33 bits per heavy atom. The van der Waals surface area contributed by atoms with E-state index >= 15 is 0 Å². The van der Waals surface area contributed by atoms with Gasteiger partial charge in [-0.3, -0.25) is 9.78 Å². The van der Waals surface area contributed by atoms with Crippen molar-refractivity contribution < 1.29 is 0 Å². The van der Waals surface area contributed by atoms with Gasteiger partial charge in [-0.2, -0.15) is 4.98 Å². The fourth-order valence-electron chi connectivity index (χ4n) is 4.33. The van der Waals surface area contributed by atoms with Crippen molar-refractivity contribution in [2.75, 3.05) is 0 Å². The second-order valence-electron chi connectivity index (χ2n) is 6.43. The van der Waals surface area contributed by atoms with E-state index in [9.17, 15) is 4.79 Å². The Bertz CT molecular complexity index is 750. The molecule has 0 aliphatic heterocycles. The lowest BCUT2D eigenvalue weighted by molar-refractivity contribution is 0.394. The molecule has 3 unspecified atom stereocenters.